The Bertz CT molecular complexity index is 782. The topological polar surface area (TPSA) is 66.5 Å². The third-order valence-electron chi connectivity index (χ3n) is 3.50. The van der Waals surface area contributed by atoms with Gasteiger partial charge in [-0.2, -0.15) is 0 Å². The molecule has 2 rings (SSSR count). The normalized spacial score (nSPS) is 11.1. The number of hydrogen-bond acceptors (Lipinski definition) is 3. The lowest BCUT2D eigenvalue weighted by atomic mass is 10.2. The van der Waals surface area contributed by atoms with Gasteiger partial charge in [0.2, 0.25) is 5.91 Å². The molecule has 0 aliphatic heterocycles. The van der Waals surface area contributed by atoms with E-state index in [9.17, 15) is 13.2 Å². The Kier molecular flexibility index (Phi) is 5.05. The Balaban J connectivity index is 2.49. The molecule has 1 amide bonds. The number of benzene rings is 2. The molecule has 0 spiro atoms. The number of amides is 1. The van der Waals surface area contributed by atoms with Crippen molar-refractivity contribution in [3.63, 3.8) is 0 Å². The molecule has 0 heterocycles. The van der Waals surface area contributed by atoms with Crippen LogP contribution in [0.4, 0.5) is 5.69 Å². The molecule has 0 aliphatic rings. The maximum Gasteiger partial charge on any atom is 0.264 e. The fourth-order valence-corrected chi connectivity index (χ4v) is 3.49. The van der Waals surface area contributed by atoms with Crippen LogP contribution in [0.3, 0.4) is 0 Å². The predicted octanol–water partition coefficient (Wildman–Crippen LogP) is 2.24. The predicted molar refractivity (Wildman–Crippen MR) is 91.0 cm³/mol. The highest BCUT2D eigenvalue weighted by atomic mass is 32.2. The van der Waals surface area contributed by atoms with E-state index < -0.39 is 10.0 Å². The number of carbonyl (C=O) groups is 1. The van der Waals surface area contributed by atoms with E-state index in [1.54, 1.807) is 36.4 Å². The monoisotopic (exact) mass is 332 g/mol. The van der Waals surface area contributed by atoms with Gasteiger partial charge in [-0.05, 0) is 38.1 Å². The zero-order chi connectivity index (χ0) is 17.0. The summed E-state index contributed by atoms with van der Waals surface area (Å²) in [5, 5.41) is 2.46. The van der Waals surface area contributed by atoms with Crippen LogP contribution in [-0.4, -0.2) is 27.9 Å². The van der Waals surface area contributed by atoms with Crippen molar-refractivity contribution in [2.24, 2.45) is 0 Å². The van der Waals surface area contributed by atoms with Gasteiger partial charge in [-0.3, -0.25) is 9.10 Å². The van der Waals surface area contributed by atoms with Crippen molar-refractivity contribution in [1.82, 2.24) is 5.32 Å². The van der Waals surface area contributed by atoms with Crippen molar-refractivity contribution in [2.75, 3.05) is 17.9 Å². The molecule has 0 unspecified atom stereocenters. The third kappa shape index (κ3) is 3.90. The number of likely N-dealkylation sites (N-methyl/N-ethyl adjacent to an activating group) is 1. The van der Waals surface area contributed by atoms with E-state index in [4.69, 9.17) is 0 Å². The van der Waals surface area contributed by atoms with Crippen LogP contribution in [0.5, 0.6) is 0 Å². The van der Waals surface area contributed by atoms with Gasteiger partial charge in [-0.15, -0.1) is 0 Å². The Morgan fingerprint density at radius 3 is 1.91 bits per heavy atom. The van der Waals surface area contributed by atoms with E-state index >= 15 is 0 Å². The second-order valence-electron chi connectivity index (χ2n) is 5.33. The van der Waals surface area contributed by atoms with Crippen LogP contribution in [0.15, 0.2) is 53.4 Å². The molecule has 0 fully saturated rings. The number of aryl methyl sites for hydroxylation is 2. The average Bonchev–Trinajstić information content (AvgIpc) is 2.53. The van der Waals surface area contributed by atoms with E-state index in [1.165, 1.54) is 7.05 Å². The van der Waals surface area contributed by atoms with Crippen molar-refractivity contribution < 1.29 is 13.2 Å². The van der Waals surface area contributed by atoms with Gasteiger partial charge in [0.1, 0.15) is 6.54 Å². The SMILES string of the molecule is CNC(=O)CN(c1ccc(C)cc1)S(=O)(=O)c1ccc(C)cc1. The third-order valence-corrected chi connectivity index (χ3v) is 5.29. The molecule has 0 radical (unpaired) electrons. The van der Waals surface area contributed by atoms with Crippen LogP contribution in [0.25, 0.3) is 0 Å². The van der Waals surface area contributed by atoms with Crippen molar-refractivity contribution in [3.05, 3.63) is 59.7 Å². The van der Waals surface area contributed by atoms with Gasteiger partial charge in [0.25, 0.3) is 10.0 Å². The smallest absolute Gasteiger partial charge is 0.264 e. The molecule has 2 aromatic rings. The first-order valence-electron chi connectivity index (χ1n) is 7.21. The zero-order valence-corrected chi connectivity index (χ0v) is 14.2. The summed E-state index contributed by atoms with van der Waals surface area (Å²) in [6.07, 6.45) is 0. The van der Waals surface area contributed by atoms with Crippen LogP contribution < -0.4 is 9.62 Å². The molecule has 0 aromatic heterocycles. The highest BCUT2D eigenvalue weighted by molar-refractivity contribution is 7.92. The van der Waals surface area contributed by atoms with Gasteiger partial charge in [0.05, 0.1) is 10.6 Å². The fraction of sp³-hybridized carbons (Fsp3) is 0.235. The highest BCUT2D eigenvalue weighted by Gasteiger charge is 2.26. The molecule has 23 heavy (non-hydrogen) atoms. The van der Waals surface area contributed by atoms with E-state index in [2.05, 4.69) is 5.32 Å². The van der Waals surface area contributed by atoms with Crippen molar-refractivity contribution in [2.45, 2.75) is 18.7 Å². The van der Waals surface area contributed by atoms with Crippen molar-refractivity contribution >= 4 is 21.6 Å². The number of carbonyl (C=O) groups excluding carboxylic acids is 1. The highest BCUT2D eigenvalue weighted by Crippen LogP contribution is 2.24. The Morgan fingerprint density at radius 2 is 1.43 bits per heavy atom. The first kappa shape index (κ1) is 17.0. The van der Waals surface area contributed by atoms with Gasteiger partial charge < -0.3 is 5.32 Å². The zero-order valence-electron chi connectivity index (χ0n) is 13.4. The average molecular weight is 332 g/mol. The van der Waals surface area contributed by atoms with E-state index in [1.807, 2.05) is 26.0 Å². The van der Waals surface area contributed by atoms with Crippen LogP contribution >= 0.6 is 0 Å². The molecule has 5 nitrogen and oxygen atoms in total. The van der Waals surface area contributed by atoms with Crippen LogP contribution in [0, 0.1) is 13.8 Å². The lowest BCUT2D eigenvalue weighted by molar-refractivity contribution is -0.119. The number of hydrogen-bond donors (Lipinski definition) is 1. The van der Waals surface area contributed by atoms with Crippen LogP contribution in [-0.2, 0) is 14.8 Å². The first-order chi connectivity index (χ1) is 10.8. The van der Waals surface area contributed by atoms with Gasteiger partial charge >= 0.3 is 0 Å². The number of rotatable bonds is 5. The van der Waals surface area contributed by atoms with Crippen LogP contribution in [0.2, 0.25) is 0 Å². The number of anilines is 1. The largest absolute Gasteiger partial charge is 0.358 e. The summed E-state index contributed by atoms with van der Waals surface area (Å²) in [6, 6.07) is 13.6. The summed E-state index contributed by atoms with van der Waals surface area (Å²) in [7, 11) is -2.34. The minimum Gasteiger partial charge on any atom is -0.358 e. The van der Waals surface area contributed by atoms with Gasteiger partial charge in [0.15, 0.2) is 0 Å². The Morgan fingerprint density at radius 1 is 0.957 bits per heavy atom. The summed E-state index contributed by atoms with van der Waals surface area (Å²) in [6.45, 7) is 3.54. The quantitative estimate of drug-likeness (QED) is 0.913. The molecule has 0 atom stereocenters. The maximum atomic E-state index is 12.9. The molecule has 2 aromatic carbocycles. The van der Waals surface area contributed by atoms with Crippen LogP contribution in [0.1, 0.15) is 11.1 Å². The Hall–Kier alpha value is -2.34. The summed E-state index contributed by atoms with van der Waals surface area (Å²) in [4.78, 5) is 11.9. The molecule has 6 heteroatoms. The molecule has 1 N–H and O–H groups in total. The number of sulfonamides is 1. The van der Waals surface area contributed by atoms with Gasteiger partial charge in [-0.1, -0.05) is 35.4 Å². The molecular weight excluding hydrogens is 312 g/mol. The second-order valence-corrected chi connectivity index (χ2v) is 7.20. The van der Waals surface area contributed by atoms with E-state index in [-0.39, 0.29) is 17.3 Å². The molecule has 0 bridgehead atoms. The summed E-state index contributed by atoms with van der Waals surface area (Å²) < 4.78 is 27.0. The maximum absolute atomic E-state index is 12.9. The standard InChI is InChI=1S/C17H20N2O3S/c1-13-4-8-15(9-5-13)19(12-17(20)18-3)23(21,22)16-10-6-14(2)7-11-16/h4-11H,12H2,1-3H3,(H,18,20). The summed E-state index contributed by atoms with van der Waals surface area (Å²) in [5.41, 5.74) is 2.44. The fourth-order valence-electron chi connectivity index (χ4n) is 2.07. The lowest BCUT2D eigenvalue weighted by Crippen LogP contribution is -2.39. The number of nitrogens with one attached hydrogen (secondary N) is 1. The summed E-state index contributed by atoms with van der Waals surface area (Å²) >= 11 is 0. The number of nitrogens with zero attached hydrogens (tertiary/aromatic N) is 1. The van der Waals surface area contributed by atoms with E-state index in [0.29, 0.717) is 5.69 Å². The molecule has 122 valence electrons. The van der Waals surface area contributed by atoms with E-state index in [0.717, 1.165) is 15.4 Å². The first-order valence-corrected chi connectivity index (χ1v) is 8.65. The minimum atomic E-state index is -3.82. The Labute approximate surface area is 137 Å². The van der Waals surface area contributed by atoms with Gasteiger partial charge in [-0.25, -0.2) is 8.42 Å². The summed E-state index contributed by atoms with van der Waals surface area (Å²) in [5.74, 6) is -0.374. The molecular formula is C17H20N2O3S. The minimum absolute atomic E-state index is 0.160. The van der Waals surface area contributed by atoms with Gasteiger partial charge in [0, 0.05) is 7.05 Å². The molecule has 0 aliphatic carbocycles. The second kappa shape index (κ2) is 6.83. The van der Waals surface area contributed by atoms with Crippen molar-refractivity contribution in [1.29, 1.82) is 0 Å². The van der Waals surface area contributed by atoms with Crippen molar-refractivity contribution in [3.8, 4) is 0 Å². The molecule has 0 saturated carbocycles. The molecule has 0 saturated heterocycles. The lowest BCUT2D eigenvalue weighted by Gasteiger charge is -2.24.